The molecular formula is C16H25Br. The van der Waals surface area contributed by atoms with Gasteiger partial charge in [-0.05, 0) is 43.7 Å². The minimum atomic E-state index is 0.517. The Labute approximate surface area is 115 Å². The molecule has 1 rings (SSSR count). The molecule has 1 aromatic rings. The summed E-state index contributed by atoms with van der Waals surface area (Å²) in [5.74, 6) is 0.770. The Morgan fingerprint density at radius 2 is 1.65 bits per heavy atom. The van der Waals surface area contributed by atoms with Crippen molar-refractivity contribution in [3.05, 3.63) is 34.9 Å². The molecule has 0 radical (unpaired) electrons. The average molecular weight is 297 g/mol. The third-order valence-electron chi connectivity index (χ3n) is 3.46. The van der Waals surface area contributed by atoms with E-state index < -0.39 is 0 Å². The molecular weight excluding hydrogens is 272 g/mol. The molecule has 0 N–H and O–H groups in total. The lowest BCUT2D eigenvalue weighted by Crippen LogP contribution is -2.09. The summed E-state index contributed by atoms with van der Waals surface area (Å²) in [6, 6.07) is 6.81. The van der Waals surface area contributed by atoms with Crippen LogP contribution in [0.3, 0.4) is 0 Å². The standard InChI is InChI=1S/C16H25Br/c1-5-7-14(8-6-2)16(17)15-10-9-12(3)11-13(15)4/h9-11,14,16H,5-8H2,1-4H3. The highest BCUT2D eigenvalue weighted by Gasteiger charge is 2.20. The van der Waals surface area contributed by atoms with Crippen LogP contribution >= 0.6 is 15.9 Å². The van der Waals surface area contributed by atoms with Gasteiger partial charge >= 0.3 is 0 Å². The highest BCUT2D eigenvalue weighted by Crippen LogP contribution is 2.38. The molecule has 0 saturated heterocycles. The lowest BCUT2D eigenvalue weighted by atomic mass is 9.89. The molecule has 0 spiro atoms. The van der Waals surface area contributed by atoms with Crippen molar-refractivity contribution in [3.63, 3.8) is 0 Å². The maximum Gasteiger partial charge on any atom is 0.0426 e. The summed E-state index contributed by atoms with van der Waals surface area (Å²) in [6.45, 7) is 8.95. The first-order valence-electron chi connectivity index (χ1n) is 6.81. The second-order valence-electron chi connectivity index (χ2n) is 5.10. The minimum Gasteiger partial charge on any atom is -0.0836 e. The number of alkyl halides is 1. The van der Waals surface area contributed by atoms with Gasteiger partial charge in [0.15, 0.2) is 0 Å². The Morgan fingerprint density at radius 3 is 2.12 bits per heavy atom. The van der Waals surface area contributed by atoms with Crippen LogP contribution in [0.15, 0.2) is 18.2 Å². The van der Waals surface area contributed by atoms with Crippen LogP contribution in [0.1, 0.15) is 61.0 Å². The number of halogens is 1. The van der Waals surface area contributed by atoms with E-state index in [9.17, 15) is 0 Å². The van der Waals surface area contributed by atoms with Gasteiger partial charge in [0.25, 0.3) is 0 Å². The Balaban J connectivity index is 2.88. The zero-order valence-electron chi connectivity index (χ0n) is 11.6. The second kappa shape index (κ2) is 7.20. The average Bonchev–Trinajstić information content (AvgIpc) is 2.28. The van der Waals surface area contributed by atoms with Crippen molar-refractivity contribution in [1.29, 1.82) is 0 Å². The van der Waals surface area contributed by atoms with Crippen molar-refractivity contribution in [3.8, 4) is 0 Å². The summed E-state index contributed by atoms with van der Waals surface area (Å²) < 4.78 is 0. The number of hydrogen-bond acceptors (Lipinski definition) is 0. The summed E-state index contributed by atoms with van der Waals surface area (Å²) in [5, 5.41) is 0. The van der Waals surface area contributed by atoms with Crippen LogP contribution in [0.25, 0.3) is 0 Å². The Morgan fingerprint density at radius 1 is 1.06 bits per heavy atom. The van der Waals surface area contributed by atoms with Gasteiger partial charge in [0.05, 0.1) is 0 Å². The first kappa shape index (κ1) is 14.8. The van der Waals surface area contributed by atoms with Crippen LogP contribution in [-0.2, 0) is 0 Å². The molecule has 1 atom stereocenters. The Bertz CT molecular complexity index is 337. The van der Waals surface area contributed by atoms with Crippen LogP contribution in [0.4, 0.5) is 0 Å². The molecule has 1 aromatic carbocycles. The smallest absolute Gasteiger partial charge is 0.0426 e. The largest absolute Gasteiger partial charge is 0.0836 e. The van der Waals surface area contributed by atoms with Gasteiger partial charge in [0, 0.05) is 4.83 Å². The van der Waals surface area contributed by atoms with E-state index in [4.69, 9.17) is 0 Å². The fourth-order valence-corrected chi connectivity index (χ4v) is 3.61. The highest BCUT2D eigenvalue weighted by molar-refractivity contribution is 9.09. The van der Waals surface area contributed by atoms with Crippen LogP contribution in [-0.4, -0.2) is 0 Å². The molecule has 0 aromatic heterocycles. The van der Waals surface area contributed by atoms with Crippen molar-refractivity contribution in [1.82, 2.24) is 0 Å². The molecule has 0 aliphatic heterocycles. The molecule has 17 heavy (non-hydrogen) atoms. The summed E-state index contributed by atoms with van der Waals surface area (Å²) in [4.78, 5) is 0.517. The molecule has 0 aliphatic rings. The molecule has 0 bridgehead atoms. The van der Waals surface area contributed by atoms with Crippen molar-refractivity contribution in [2.24, 2.45) is 5.92 Å². The van der Waals surface area contributed by atoms with Crippen LogP contribution in [0.5, 0.6) is 0 Å². The molecule has 0 amide bonds. The summed E-state index contributed by atoms with van der Waals surface area (Å²) in [5.41, 5.74) is 4.25. The van der Waals surface area contributed by atoms with Gasteiger partial charge in [-0.3, -0.25) is 0 Å². The lowest BCUT2D eigenvalue weighted by Gasteiger charge is -2.23. The first-order chi connectivity index (χ1) is 8.10. The van der Waals surface area contributed by atoms with Crippen molar-refractivity contribution in [2.45, 2.75) is 58.2 Å². The van der Waals surface area contributed by atoms with E-state index in [1.165, 1.54) is 42.4 Å². The van der Waals surface area contributed by atoms with Gasteiger partial charge in [-0.2, -0.15) is 0 Å². The fraction of sp³-hybridized carbons (Fsp3) is 0.625. The summed E-state index contributed by atoms with van der Waals surface area (Å²) in [7, 11) is 0. The van der Waals surface area contributed by atoms with Gasteiger partial charge < -0.3 is 0 Å². The predicted octanol–water partition coefficient (Wildman–Crippen LogP) is 5.96. The molecule has 96 valence electrons. The molecule has 1 heteroatoms. The summed E-state index contributed by atoms with van der Waals surface area (Å²) >= 11 is 3.93. The zero-order chi connectivity index (χ0) is 12.8. The van der Waals surface area contributed by atoms with Crippen molar-refractivity contribution >= 4 is 15.9 Å². The molecule has 0 nitrogen and oxygen atoms in total. The fourth-order valence-electron chi connectivity index (χ4n) is 2.57. The van der Waals surface area contributed by atoms with Gasteiger partial charge in [-0.25, -0.2) is 0 Å². The molecule has 0 saturated carbocycles. The van der Waals surface area contributed by atoms with Gasteiger partial charge in [0.2, 0.25) is 0 Å². The van der Waals surface area contributed by atoms with E-state index in [1.807, 2.05) is 0 Å². The first-order valence-corrected chi connectivity index (χ1v) is 7.72. The number of aryl methyl sites for hydroxylation is 2. The number of benzene rings is 1. The van der Waals surface area contributed by atoms with Crippen molar-refractivity contribution in [2.75, 3.05) is 0 Å². The highest BCUT2D eigenvalue weighted by atomic mass is 79.9. The summed E-state index contributed by atoms with van der Waals surface area (Å²) in [6.07, 6.45) is 5.18. The number of hydrogen-bond donors (Lipinski definition) is 0. The Hall–Kier alpha value is -0.300. The molecule has 1 unspecified atom stereocenters. The van der Waals surface area contributed by atoms with E-state index in [0.717, 1.165) is 5.92 Å². The van der Waals surface area contributed by atoms with E-state index in [0.29, 0.717) is 4.83 Å². The predicted molar refractivity (Wildman–Crippen MR) is 80.9 cm³/mol. The maximum atomic E-state index is 3.93. The zero-order valence-corrected chi connectivity index (χ0v) is 13.2. The lowest BCUT2D eigenvalue weighted by molar-refractivity contribution is 0.434. The van der Waals surface area contributed by atoms with Crippen LogP contribution in [0.2, 0.25) is 0 Å². The van der Waals surface area contributed by atoms with E-state index in [2.05, 4.69) is 61.8 Å². The third kappa shape index (κ3) is 4.13. The third-order valence-corrected chi connectivity index (χ3v) is 4.70. The van der Waals surface area contributed by atoms with E-state index in [1.54, 1.807) is 0 Å². The molecule has 0 aliphatic carbocycles. The van der Waals surface area contributed by atoms with Crippen LogP contribution < -0.4 is 0 Å². The van der Waals surface area contributed by atoms with Crippen LogP contribution in [0, 0.1) is 19.8 Å². The maximum absolute atomic E-state index is 3.93. The van der Waals surface area contributed by atoms with Gasteiger partial charge in [-0.1, -0.05) is 66.4 Å². The van der Waals surface area contributed by atoms with Gasteiger partial charge in [0.1, 0.15) is 0 Å². The molecule has 0 heterocycles. The quantitative estimate of drug-likeness (QED) is 0.569. The van der Waals surface area contributed by atoms with E-state index in [-0.39, 0.29) is 0 Å². The van der Waals surface area contributed by atoms with E-state index >= 15 is 0 Å². The number of rotatable bonds is 6. The van der Waals surface area contributed by atoms with Crippen molar-refractivity contribution < 1.29 is 0 Å². The minimum absolute atomic E-state index is 0.517. The second-order valence-corrected chi connectivity index (χ2v) is 6.09. The normalized spacial score (nSPS) is 13.1. The molecule has 0 fully saturated rings. The monoisotopic (exact) mass is 296 g/mol. The van der Waals surface area contributed by atoms with Gasteiger partial charge in [-0.15, -0.1) is 0 Å². The SMILES string of the molecule is CCCC(CCC)C(Br)c1ccc(C)cc1C. The topological polar surface area (TPSA) is 0 Å². The Kier molecular flexibility index (Phi) is 6.26.